The smallest absolute Gasteiger partial charge is 0.335 e. The van der Waals surface area contributed by atoms with E-state index < -0.39 is 5.97 Å². The number of nitrogens with one attached hydrogen (secondary N) is 1. The zero-order valence-electron chi connectivity index (χ0n) is 11.6. The number of carboxylic acids is 1. The van der Waals surface area contributed by atoms with E-state index in [1.165, 1.54) is 24.6 Å². The number of hydrogen-bond donors (Lipinski definition) is 2. The molecule has 0 radical (unpaired) electrons. The largest absolute Gasteiger partial charge is 0.478 e. The second-order valence-corrected chi connectivity index (χ2v) is 6.66. The Morgan fingerprint density at radius 2 is 2.30 bits per heavy atom. The Bertz CT molecular complexity index is 481. The third-order valence-corrected chi connectivity index (χ3v) is 4.89. The van der Waals surface area contributed by atoms with Crippen molar-refractivity contribution in [1.29, 1.82) is 0 Å². The maximum absolute atomic E-state index is 13.7. The molecule has 0 aromatic heterocycles. The zero-order chi connectivity index (χ0) is 14.5. The van der Waals surface area contributed by atoms with Crippen LogP contribution in [0.15, 0.2) is 18.2 Å². The van der Waals surface area contributed by atoms with Crippen LogP contribution in [0.3, 0.4) is 0 Å². The van der Waals surface area contributed by atoms with Crippen molar-refractivity contribution in [2.75, 3.05) is 5.75 Å². The minimum atomic E-state index is -1.02. The highest BCUT2D eigenvalue weighted by atomic mass is 32.2. The van der Waals surface area contributed by atoms with E-state index in [1.54, 1.807) is 0 Å². The van der Waals surface area contributed by atoms with E-state index in [-0.39, 0.29) is 11.4 Å². The highest BCUT2D eigenvalue weighted by Gasteiger charge is 2.24. The Kier molecular flexibility index (Phi) is 5.43. The molecule has 3 nitrogen and oxygen atoms in total. The summed E-state index contributed by atoms with van der Waals surface area (Å²) in [6.45, 7) is 2.55. The molecule has 0 aliphatic heterocycles. The van der Waals surface area contributed by atoms with Gasteiger partial charge in [-0.2, -0.15) is 11.8 Å². The topological polar surface area (TPSA) is 49.3 Å². The second kappa shape index (κ2) is 7.09. The Balaban J connectivity index is 1.91. The van der Waals surface area contributed by atoms with E-state index in [0.717, 1.165) is 18.6 Å². The Morgan fingerprint density at radius 3 is 3.00 bits per heavy atom. The first-order chi connectivity index (χ1) is 9.60. The summed E-state index contributed by atoms with van der Waals surface area (Å²) >= 11 is 1.98. The molecule has 0 bridgehead atoms. The quantitative estimate of drug-likeness (QED) is 0.846. The van der Waals surface area contributed by atoms with E-state index >= 15 is 0 Å². The van der Waals surface area contributed by atoms with Gasteiger partial charge in [-0.1, -0.05) is 6.92 Å². The summed E-state index contributed by atoms with van der Waals surface area (Å²) in [6.07, 6.45) is 3.42. The lowest BCUT2D eigenvalue weighted by atomic mass is 10.1. The number of thioether (sulfide) groups is 1. The molecule has 110 valence electrons. The van der Waals surface area contributed by atoms with Crippen LogP contribution in [-0.4, -0.2) is 28.1 Å². The van der Waals surface area contributed by atoms with Crippen LogP contribution in [0.1, 0.15) is 42.1 Å². The van der Waals surface area contributed by atoms with Crippen molar-refractivity contribution in [3.63, 3.8) is 0 Å². The summed E-state index contributed by atoms with van der Waals surface area (Å²) in [7, 11) is 0. The zero-order valence-corrected chi connectivity index (χ0v) is 12.4. The highest BCUT2D eigenvalue weighted by molar-refractivity contribution is 7.99. The monoisotopic (exact) mass is 297 g/mol. The fourth-order valence-corrected chi connectivity index (χ4v) is 3.75. The average molecular weight is 297 g/mol. The average Bonchev–Trinajstić information content (AvgIpc) is 2.86. The van der Waals surface area contributed by atoms with E-state index in [0.29, 0.717) is 23.4 Å². The Labute approximate surface area is 123 Å². The molecule has 1 aromatic carbocycles. The summed E-state index contributed by atoms with van der Waals surface area (Å²) in [5, 5.41) is 13.0. The molecule has 0 amide bonds. The Hall–Kier alpha value is -1.07. The summed E-state index contributed by atoms with van der Waals surface area (Å²) < 4.78 is 13.7. The van der Waals surface area contributed by atoms with Crippen LogP contribution in [-0.2, 0) is 6.54 Å². The van der Waals surface area contributed by atoms with Gasteiger partial charge >= 0.3 is 5.97 Å². The number of benzene rings is 1. The fourth-order valence-electron chi connectivity index (χ4n) is 2.61. The van der Waals surface area contributed by atoms with Crippen LogP contribution in [0.2, 0.25) is 0 Å². The fraction of sp³-hybridized carbons (Fsp3) is 0.533. The van der Waals surface area contributed by atoms with Crippen LogP contribution in [0.5, 0.6) is 0 Å². The Morgan fingerprint density at radius 1 is 1.50 bits per heavy atom. The molecule has 0 saturated heterocycles. The van der Waals surface area contributed by atoms with Crippen LogP contribution >= 0.6 is 11.8 Å². The third-order valence-electron chi connectivity index (χ3n) is 3.66. The number of carbonyl (C=O) groups is 1. The third kappa shape index (κ3) is 3.96. The molecule has 1 aliphatic rings. The lowest BCUT2D eigenvalue weighted by Gasteiger charge is -2.13. The lowest BCUT2D eigenvalue weighted by Crippen LogP contribution is -2.26. The van der Waals surface area contributed by atoms with Crippen molar-refractivity contribution in [3.05, 3.63) is 35.1 Å². The van der Waals surface area contributed by atoms with E-state index in [4.69, 9.17) is 5.11 Å². The van der Waals surface area contributed by atoms with Gasteiger partial charge in [-0.3, -0.25) is 0 Å². The molecule has 0 heterocycles. The molecular formula is C15H20FNO2S. The molecule has 1 aliphatic carbocycles. The van der Waals surface area contributed by atoms with Gasteiger partial charge in [-0.15, -0.1) is 0 Å². The number of hydrogen-bond acceptors (Lipinski definition) is 3. The molecular weight excluding hydrogens is 277 g/mol. The maximum atomic E-state index is 13.7. The molecule has 20 heavy (non-hydrogen) atoms. The first-order valence-electron chi connectivity index (χ1n) is 6.97. The summed E-state index contributed by atoms with van der Waals surface area (Å²) in [5.74, 6) is -0.237. The summed E-state index contributed by atoms with van der Waals surface area (Å²) in [5.41, 5.74) is 0.561. The molecule has 0 spiro atoms. The number of carboxylic acid groups (broad SMARTS) is 1. The van der Waals surface area contributed by atoms with Gasteiger partial charge in [0, 0.05) is 23.4 Å². The number of aromatic carboxylic acids is 1. The molecule has 1 fully saturated rings. The molecule has 2 N–H and O–H groups in total. The van der Waals surface area contributed by atoms with Gasteiger partial charge in [-0.25, -0.2) is 9.18 Å². The van der Waals surface area contributed by atoms with Crippen molar-refractivity contribution in [3.8, 4) is 0 Å². The van der Waals surface area contributed by atoms with Crippen molar-refractivity contribution in [1.82, 2.24) is 5.32 Å². The van der Waals surface area contributed by atoms with Gasteiger partial charge in [0.25, 0.3) is 0 Å². The normalized spacial score (nSPS) is 22.1. The van der Waals surface area contributed by atoms with Crippen LogP contribution < -0.4 is 5.32 Å². The molecule has 1 aromatic rings. The van der Waals surface area contributed by atoms with Gasteiger partial charge in [-0.05, 0) is 43.2 Å². The summed E-state index contributed by atoms with van der Waals surface area (Å²) in [6, 6.07) is 4.35. The summed E-state index contributed by atoms with van der Waals surface area (Å²) in [4.78, 5) is 10.9. The van der Waals surface area contributed by atoms with Crippen LogP contribution in [0.4, 0.5) is 4.39 Å². The molecule has 5 heteroatoms. The molecule has 2 atom stereocenters. The predicted molar refractivity (Wildman–Crippen MR) is 79.8 cm³/mol. The van der Waals surface area contributed by atoms with Gasteiger partial charge in [0.05, 0.1) is 5.56 Å². The maximum Gasteiger partial charge on any atom is 0.335 e. The minimum absolute atomic E-state index is 0.133. The predicted octanol–water partition coefficient (Wildman–Crippen LogP) is 3.29. The van der Waals surface area contributed by atoms with Gasteiger partial charge < -0.3 is 10.4 Å². The van der Waals surface area contributed by atoms with E-state index in [9.17, 15) is 9.18 Å². The van der Waals surface area contributed by atoms with Crippen molar-refractivity contribution >= 4 is 17.7 Å². The van der Waals surface area contributed by atoms with Crippen molar-refractivity contribution in [2.24, 2.45) is 0 Å². The van der Waals surface area contributed by atoms with Gasteiger partial charge in [0.15, 0.2) is 0 Å². The first-order valence-corrected chi connectivity index (χ1v) is 8.01. The lowest BCUT2D eigenvalue weighted by molar-refractivity contribution is 0.0696. The number of halogens is 1. The molecule has 2 rings (SSSR count). The van der Waals surface area contributed by atoms with Crippen molar-refractivity contribution in [2.45, 2.75) is 44.0 Å². The SMILES string of the molecule is CCSC1CCC(NCc2cc(C(=O)O)ccc2F)C1. The first kappa shape index (κ1) is 15.3. The van der Waals surface area contributed by atoms with Crippen molar-refractivity contribution < 1.29 is 14.3 Å². The van der Waals surface area contributed by atoms with Gasteiger partial charge in [0.2, 0.25) is 0 Å². The van der Waals surface area contributed by atoms with E-state index in [2.05, 4.69) is 12.2 Å². The standard InChI is InChI=1S/C15H20FNO2S/c1-2-20-13-5-4-12(8-13)17-9-11-7-10(15(18)19)3-6-14(11)16/h3,6-7,12-13,17H,2,4-5,8-9H2,1H3,(H,18,19). The second-order valence-electron chi connectivity index (χ2n) is 5.08. The highest BCUT2D eigenvalue weighted by Crippen LogP contribution is 2.29. The van der Waals surface area contributed by atoms with E-state index in [1.807, 2.05) is 11.8 Å². The minimum Gasteiger partial charge on any atom is -0.478 e. The molecule has 1 saturated carbocycles. The van der Waals surface area contributed by atoms with Crippen LogP contribution in [0.25, 0.3) is 0 Å². The molecule has 2 unspecified atom stereocenters. The van der Waals surface area contributed by atoms with Crippen LogP contribution in [0, 0.1) is 5.82 Å². The number of rotatable bonds is 6. The van der Waals surface area contributed by atoms with Gasteiger partial charge in [0.1, 0.15) is 5.82 Å².